The van der Waals surface area contributed by atoms with Gasteiger partial charge in [0.05, 0.1) is 5.60 Å². The van der Waals surface area contributed by atoms with E-state index in [2.05, 4.69) is 12.2 Å². The van der Waals surface area contributed by atoms with E-state index >= 15 is 0 Å². The number of nitrogens with one attached hydrogen (secondary N) is 1. The standard InChI is InChI=1S/C16H23Cl2NO/c1-3-10-19-15(16(20-2)8-5-9-16)11-12-13(17)6-4-7-14(12)18/h4,6-7,15,19H,3,5,8-11H2,1-2H3. The Kier molecular flexibility index (Phi) is 5.74. The number of methoxy groups -OCH3 is 1. The highest BCUT2D eigenvalue weighted by Crippen LogP contribution is 2.40. The molecule has 1 saturated carbocycles. The molecule has 1 N–H and O–H groups in total. The van der Waals surface area contributed by atoms with E-state index in [9.17, 15) is 0 Å². The first kappa shape index (κ1) is 16.1. The van der Waals surface area contributed by atoms with Gasteiger partial charge in [0.1, 0.15) is 0 Å². The molecule has 1 unspecified atom stereocenters. The molecule has 2 rings (SSSR count). The molecule has 0 aromatic heterocycles. The fraction of sp³-hybridized carbons (Fsp3) is 0.625. The summed E-state index contributed by atoms with van der Waals surface area (Å²) in [4.78, 5) is 0. The molecule has 1 aliphatic carbocycles. The second kappa shape index (κ2) is 7.13. The molecule has 1 aromatic carbocycles. The Bertz CT molecular complexity index is 420. The first-order valence-electron chi connectivity index (χ1n) is 7.34. The number of ether oxygens (including phenoxy) is 1. The summed E-state index contributed by atoms with van der Waals surface area (Å²) in [7, 11) is 1.81. The maximum atomic E-state index is 6.31. The predicted molar refractivity (Wildman–Crippen MR) is 85.8 cm³/mol. The molecule has 0 amide bonds. The maximum Gasteiger partial charge on any atom is 0.0834 e. The number of hydrogen-bond acceptors (Lipinski definition) is 2. The van der Waals surface area contributed by atoms with E-state index in [4.69, 9.17) is 27.9 Å². The van der Waals surface area contributed by atoms with Gasteiger partial charge in [0.15, 0.2) is 0 Å². The summed E-state index contributed by atoms with van der Waals surface area (Å²) >= 11 is 12.6. The largest absolute Gasteiger partial charge is 0.377 e. The Morgan fingerprint density at radius 1 is 1.30 bits per heavy atom. The van der Waals surface area contributed by atoms with Crippen LogP contribution < -0.4 is 5.32 Å². The molecular weight excluding hydrogens is 293 g/mol. The van der Waals surface area contributed by atoms with Crippen molar-refractivity contribution in [2.24, 2.45) is 0 Å². The fourth-order valence-electron chi connectivity index (χ4n) is 2.91. The highest BCUT2D eigenvalue weighted by molar-refractivity contribution is 6.36. The minimum Gasteiger partial charge on any atom is -0.377 e. The first-order chi connectivity index (χ1) is 9.63. The molecule has 0 spiro atoms. The van der Waals surface area contributed by atoms with Gasteiger partial charge in [-0.05, 0) is 56.3 Å². The fourth-order valence-corrected chi connectivity index (χ4v) is 3.47. The molecule has 112 valence electrons. The van der Waals surface area contributed by atoms with Gasteiger partial charge >= 0.3 is 0 Å². The minimum atomic E-state index is -0.0579. The molecule has 1 aromatic rings. The molecule has 20 heavy (non-hydrogen) atoms. The van der Waals surface area contributed by atoms with Crippen LogP contribution >= 0.6 is 23.2 Å². The third-order valence-corrected chi connectivity index (χ3v) is 5.06. The van der Waals surface area contributed by atoms with Crippen LogP contribution in [0.25, 0.3) is 0 Å². The van der Waals surface area contributed by atoms with E-state index in [0.717, 1.165) is 47.8 Å². The summed E-state index contributed by atoms with van der Waals surface area (Å²) in [6.07, 6.45) is 5.35. The van der Waals surface area contributed by atoms with Crippen molar-refractivity contribution < 1.29 is 4.74 Å². The van der Waals surface area contributed by atoms with Crippen molar-refractivity contribution in [3.8, 4) is 0 Å². The summed E-state index contributed by atoms with van der Waals surface area (Å²) in [5, 5.41) is 5.11. The van der Waals surface area contributed by atoms with Crippen LogP contribution in [0.5, 0.6) is 0 Å². The molecule has 1 fully saturated rings. The van der Waals surface area contributed by atoms with Crippen molar-refractivity contribution in [3.05, 3.63) is 33.8 Å². The number of halogens is 2. The Labute approximate surface area is 131 Å². The summed E-state index contributed by atoms with van der Waals surface area (Å²) in [5.41, 5.74) is 0.963. The molecule has 4 heteroatoms. The van der Waals surface area contributed by atoms with Crippen LogP contribution in [-0.4, -0.2) is 25.3 Å². The summed E-state index contributed by atoms with van der Waals surface area (Å²) in [6, 6.07) is 5.95. The van der Waals surface area contributed by atoms with Gasteiger partial charge in [-0.2, -0.15) is 0 Å². The lowest BCUT2D eigenvalue weighted by molar-refractivity contribution is -0.0980. The van der Waals surface area contributed by atoms with E-state index < -0.39 is 0 Å². The van der Waals surface area contributed by atoms with Gasteiger partial charge in [0.25, 0.3) is 0 Å². The molecule has 0 radical (unpaired) electrons. The third kappa shape index (κ3) is 3.30. The lowest BCUT2D eigenvalue weighted by atomic mass is 9.72. The molecule has 0 saturated heterocycles. The Balaban J connectivity index is 2.19. The van der Waals surface area contributed by atoms with Gasteiger partial charge < -0.3 is 10.1 Å². The zero-order valence-electron chi connectivity index (χ0n) is 12.2. The molecule has 0 bridgehead atoms. The van der Waals surface area contributed by atoms with Crippen LogP contribution in [0.1, 0.15) is 38.2 Å². The van der Waals surface area contributed by atoms with Gasteiger partial charge in [-0.25, -0.2) is 0 Å². The molecule has 1 atom stereocenters. The van der Waals surface area contributed by atoms with Crippen molar-refractivity contribution in [3.63, 3.8) is 0 Å². The number of benzene rings is 1. The summed E-state index contributed by atoms with van der Waals surface area (Å²) < 4.78 is 5.84. The molecule has 0 aliphatic heterocycles. The van der Waals surface area contributed by atoms with E-state index in [1.165, 1.54) is 6.42 Å². The van der Waals surface area contributed by atoms with Crippen LogP contribution in [0.15, 0.2) is 18.2 Å². The van der Waals surface area contributed by atoms with Crippen molar-refractivity contribution in [2.45, 2.75) is 50.7 Å². The topological polar surface area (TPSA) is 21.3 Å². The van der Waals surface area contributed by atoms with Crippen LogP contribution in [0.3, 0.4) is 0 Å². The minimum absolute atomic E-state index is 0.0579. The monoisotopic (exact) mass is 315 g/mol. The first-order valence-corrected chi connectivity index (χ1v) is 8.10. The van der Waals surface area contributed by atoms with Crippen molar-refractivity contribution in [1.82, 2.24) is 5.32 Å². The quantitative estimate of drug-likeness (QED) is 0.801. The maximum absolute atomic E-state index is 6.31. The highest BCUT2D eigenvalue weighted by atomic mass is 35.5. The van der Waals surface area contributed by atoms with Crippen LogP contribution in [0, 0.1) is 0 Å². The summed E-state index contributed by atoms with van der Waals surface area (Å²) in [6.45, 7) is 3.16. The van der Waals surface area contributed by atoms with Crippen LogP contribution in [0.4, 0.5) is 0 Å². The van der Waals surface area contributed by atoms with Crippen LogP contribution in [-0.2, 0) is 11.2 Å². The highest BCUT2D eigenvalue weighted by Gasteiger charge is 2.44. The van der Waals surface area contributed by atoms with Crippen molar-refractivity contribution in [2.75, 3.05) is 13.7 Å². The Morgan fingerprint density at radius 2 is 1.95 bits per heavy atom. The van der Waals surface area contributed by atoms with E-state index in [0.29, 0.717) is 0 Å². The van der Waals surface area contributed by atoms with E-state index in [1.54, 1.807) is 0 Å². The van der Waals surface area contributed by atoms with Gasteiger partial charge in [-0.1, -0.05) is 36.2 Å². The van der Waals surface area contributed by atoms with Gasteiger partial charge in [0, 0.05) is 23.2 Å². The zero-order valence-corrected chi connectivity index (χ0v) is 13.7. The van der Waals surface area contributed by atoms with Crippen LogP contribution in [0.2, 0.25) is 10.0 Å². The zero-order chi connectivity index (χ0) is 14.6. The van der Waals surface area contributed by atoms with E-state index in [1.807, 2.05) is 25.3 Å². The Hall–Kier alpha value is -0.280. The molecule has 1 aliphatic rings. The molecule has 2 nitrogen and oxygen atoms in total. The molecule has 0 heterocycles. The lowest BCUT2D eigenvalue weighted by Gasteiger charge is -2.47. The SMILES string of the molecule is CCCNC(Cc1c(Cl)cccc1Cl)C1(OC)CCC1. The third-order valence-electron chi connectivity index (χ3n) is 4.35. The van der Waals surface area contributed by atoms with Gasteiger partial charge in [0.2, 0.25) is 0 Å². The van der Waals surface area contributed by atoms with Crippen molar-refractivity contribution >= 4 is 23.2 Å². The molecular formula is C16H23Cl2NO. The smallest absolute Gasteiger partial charge is 0.0834 e. The average Bonchev–Trinajstić information content (AvgIpc) is 2.38. The van der Waals surface area contributed by atoms with Crippen molar-refractivity contribution in [1.29, 1.82) is 0 Å². The lowest BCUT2D eigenvalue weighted by Crippen LogP contribution is -2.57. The second-order valence-electron chi connectivity index (χ2n) is 5.53. The van der Waals surface area contributed by atoms with E-state index in [-0.39, 0.29) is 11.6 Å². The second-order valence-corrected chi connectivity index (χ2v) is 6.35. The normalized spacial score (nSPS) is 18.6. The van der Waals surface area contributed by atoms with Gasteiger partial charge in [-0.3, -0.25) is 0 Å². The van der Waals surface area contributed by atoms with Gasteiger partial charge in [-0.15, -0.1) is 0 Å². The number of rotatable bonds is 7. The Morgan fingerprint density at radius 3 is 2.40 bits per heavy atom. The number of hydrogen-bond donors (Lipinski definition) is 1. The predicted octanol–water partition coefficient (Wildman–Crippen LogP) is 4.47. The summed E-state index contributed by atoms with van der Waals surface area (Å²) in [5.74, 6) is 0. The average molecular weight is 316 g/mol.